The van der Waals surface area contributed by atoms with Crippen molar-refractivity contribution in [3.8, 4) is 6.07 Å². The average Bonchev–Trinajstić information content (AvgIpc) is 2.12. The first kappa shape index (κ1) is 12.4. The lowest BCUT2D eigenvalue weighted by Gasteiger charge is -2.26. The Kier molecular flexibility index (Phi) is 5.68. The molecule has 3 nitrogen and oxygen atoms in total. The molecule has 0 heterocycles. The standard InChI is InChI=1S/C10H21N3/c1-4-6-7-13(5-2)9-10(3,12)8-11/h4-7,9,12H2,1-3H3. The molecule has 13 heavy (non-hydrogen) atoms. The average molecular weight is 183 g/mol. The first-order valence-corrected chi connectivity index (χ1v) is 4.98. The Morgan fingerprint density at radius 1 is 1.46 bits per heavy atom. The Morgan fingerprint density at radius 2 is 2.08 bits per heavy atom. The molecule has 0 saturated heterocycles. The zero-order valence-electron chi connectivity index (χ0n) is 9.01. The minimum Gasteiger partial charge on any atom is -0.313 e. The number of unbranched alkanes of at least 4 members (excludes halogenated alkanes) is 1. The number of hydrogen-bond acceptors (Lipinski definition) is 3. The van der Waals surface area contributed by atoms with Crippen LogP contribution in [0, 0.1) is 11.3 Å². The molecule has 0 spiro atoms. The van der Waals surface area contributed by atoms with Crippen molar-refractivity contribution in [3.05, 3.63) is 0 Å². The molecule has 76 valence electrons. The van der Waals surface area contributed by atoms with Crippen molar-refractivity contribution in [3.63, 3.8) is 0 Å². The van der Waals surface area contributed by atoms with Crippen LogP contribution in [0.15, 0.2) is 0 Å². The lowest BCUT2D eigenvalue weighted by Crippen LogP contribution is -2.46. The molecule has 0 radical (unpaired) electrons. The highest BCUT2D eigenvalue weighted by atomic mass is 15.1. The van der Waals surface area contributed by atoms with Crippen LogP contribution in [-0.2, 0) is 0 Å². The second-order valence-corrected chi connectivity index (χ2v) is 3.75. The predicted octanol–water partition coefficient (Wildman–Crippen LogP) is 1.35. The van der Waals surface area contributed by atoms with Crippen molar-refractivity contribution in [1.29, 1.82) is 5.26 Å². The van der Waals surface area contributed by atoms with E-state index in [-0.39, 0.29) is 0 Å². The Labute approximate surface area is 81.5 Å². The zero-order chi connectivity index (χ0) is 10.3. The van der Waals surface area contributed by atoms with E-state index in [1.54, 1.807) is 6.92 Å². The molecule has 0 aromatic rings. The van der Waals surface area contributed by atoms with Crippen LogP contribution in [0.5, 0.6) is 0 Å². The number of rotatable bonds is 6. The summed E-state index contributed by atoms with van der Waals surface area (Å²) in [6.07, 6.45) is 2.36. The molecule has 1 unspecified atom stereocenters. The van der Waals surface area contributed by atoms with Crippen molar-refractivity contribution >= 4 is 0 Å². The van der Waals surface area contributed by atoms with Gasteiger partial charge in [0.05, 0.1) is 6.07 Å². The first-order valence-electron chi connectivity index (χ1n) is 4.98. The van der Waals surface area contributed by atoms with Gasteiger partial charge in [0.2, 0.25) is 0 Å². The summed E-state index contributed by atoms with van der Waals surface area (Å²) in [6.45, 7) is 8.72. The summed E-state index contributed by atoms with van der Waals surface area (Å²) in [7, 11) is 0. The van der Waals surface area contributed by atoms with Gasteiger partial charge in [0.15, 0.2) is 0 Å². The van der Waals surface area contributed by atoms with Crippen molar-refractivity contribution < 1.29 is 0 Å². The summed E-state index contributed by atoms with van der Waals surface area (Å²) in [5.74, 6) is 0. The van der Waals surface area contributed by atoms with Gasteiger partial charge in [-0.2, -0.15) is 5.26 Å². The van der Waals surface area contributed by atoms with E-state index >= 15 is 0 Å². The highest BCUT2D eigenvalue weighted by Gasteiger charge is 2.20. The second-order valence-electron chi connectivity index (χ2n) is 3.75. The zero-order valence-corrected chi connectivity index (χ0v) is 9.01. The third kappa shape index (κ3) is 5.62. The normalized spacial score (nSPS) is 15.4. The minimum atomic E-state index is -0.705. The van der Waals surface area contributed by atoms with Crippen LogP contribution in [0.2, 0.25) is 0 Å². The smallest absolute Gasteiger partial charge is 0.114 e. The van der Waals surface area contributed by atoms with Crippen LogP contribution >= 0.6 is 0 Å². The maximum Gasteiger partial charge on any atom is 0.114 e. The fourth-order valence-electron chi connectivity index (χ4n) is 1.23. The summed E-state index contributed by atoms with van der Waals surface area (Å²) in [5.41, 5.74) is 5.06. The minimum absolute atomic E-state index is 0.667. The first-order chi connectivity index (χ1) is 6.05. The summed E-state index contributed by atoms with van der Waals surface area (Å²) < 4.78 is 0. The predicted molar refractivity (Wildman–Crippen MR) is 55.2 cm³/mol. The maximum absolute atomic E-state index is 8.76. The Bertz CT molecular complexity index is 169. The Hall–Kier alpha value is -0.590. The van der Waals surface area contributed by atoms with Gasteiger partial charge in [0.1, 0.15) is 5.54 Å². The van der Waals surface area contributed by atoms with Gasteiger partial charge in [-0.25, -0.2) is 0 Å². The van der Waals surface area contributed by atoms with Gasteiger partial charge in [-0.15, -0.1) is 0 Å². The fourth-order valence-corrected chi connectivity index (χ4v) is 1.23. The van der Waals surface area contributed by atoms with E-state index in [0.29, 0.717) is 6.54 Å². The van der Waals surface area contributed by atoms with E-state index in [2.05, 4.69) is 24.8 Å². The molecule has 1 atom stereocenters. The third-order valence-corrected chi connectivity index (χ3v) is 2.08. The number of likely N-dealkylation sites (N-methyl/N-ethyl adjacent to an activating group) is 1. The molecule has 0 aliphatic carbocycles. The number of nitrogens with zero attached hydrogens (tertiary/aromatic N) is 2. The molecule has 0 aromatic carbocycles. The molecular weight excluding hydrogens is 162 g/mol. The molecule has 3 heteroatoms. The van der Waals surface area contributed by atoms with Gasteiger partial charge < -0.3 is 10.6 Å². The molecule has 0 aliphatic heterocycles. The van der Waals surface area contributed by atoms with E-state index < -0.39 is 5.54 Å². The van der Waals surface area contributed by atoms with E-state index in [0.717, 1.165) is 13.1 Å². The van der Waals surface area contributed by atoms with Crippen LogP contribution in [0.3, 0.4) is 0 Å². The van der Waals surface area contributed by atoms with Crippen LogP contribution in [0.25, 0.3) is 0 Å². The van der Waals surface area contributed by atoms with E-state index in [4.69, 9.17) is 11.0 Å². The van der Waals surface area contributed by atoms with Crippen molar-refractivity contribution in [2.24, 2.45) is 5.73 Å². The quantitative estimate of drug-likeness (QED) is 0.676. The molecule has 0 amide bonds. The molecule has 0 fully saturated rings. The molecule has 0 aromatic heterocycles. The third-order valence-electron chi connectivity index (χ3n) is 2.08. The maximum atomic E-state index is 8.76. The molecule has 0 aliphatic rings. The van der Waals surface area contributed by atoms with Crippen molar-refractivity contribution in [2.75, 3.05) is 19.6 Å². The molecule has 0 saturated carbocycles. The summed E-state index contributed by atoms with van der Waals surface area (Å²) in [4.78, 5) is 2.23. The summed E-state index contributed by atoms with van der Waals surface area (Å²) in [5, 5.41) is 8.76. The number of nitriles is 1. The summed E-state index contributed by atoms with van der Waals surface area (Å²) in [6, 6.07) is 2.12. The number of nitrogens with two attached hydrogens (primary N) is 1. The van der Waals surface area contributed by atoms with Crippen LogP contribution in [0.1, 0.15) is 33.6 Å². The Morgan fingerprint density at radius 3 is 2.46 bits per heavy atom. The number of hydrogen-bond donors (Lipinski definition) is 1. The van der Waals surface area contributed by atoms with Crippen LogP contribution in [-0.4, -0.2) is 30.1 Å². The molecule has 2 N–H and O–H groups in total. The van der Waals surface area contributed by atoms with Gasteiger partial charge in [-0.1, -0.05) is 20.3 Å². The lowest BCUT2D eigenvalue weighted by molar-refractivity contribution is 0.248. The highest BCUT2D eigenvalue weighted by molar-refractivity contribution is 5.02. The monoisotopic (exact) mass is 183 g/mol. The van der Waals surface area contributed by atoms with Crippen molar-refractivity contribution in [2.45, 2.75) is 39.2 Å². The van der Waals surface area contributed by atoms with Crippen LogP contribution in [0.4, 0.5) is 0 Å². The van der Waals surface area contributed by atoms with E-state index in [1.807, 2.05) is 0 Å². The largest absolute Gasteiger partial charge is 0.313 e. The lowest BCUT2D eigenvalue weighted by atomic mass is 10.1. The fraction of sp³-hybridized carbons (Fsp3) is 0.900. The van der Waals surface area contributed by atoms with E-state index in [1.165, 1.54) is 12.8 Å². The van der Waals surface area contributed by atoms with Gasteiger partial charge in [0, 0.05) is 6.54 Å². The second kappa shape index (κ2) is 5.95. The van der Waals surface area contributed by atoms with Gasteiger partial charge in [-0.05, 0) is 26.4 Å². The topological polar surface area (TPSA) is 53.0 Å². The SMILES string of the molecule is CCCCN(CC)CC(C)(N)C#N. The molecule has 0 rings (SSSR count). The molecular formula is C10H21N3. The van der Waals surface area contributed by atoms with E-state index in [9.17, 15) is 0 Å². The summed E-state index contributed by atoms with van der Waals surface area (Å²) >= 11 is 0. The van der Waals surface area contributed by atoms with Gasteiger partial charge >= 0.3 is 0 Å². The molecule has 0 bridgehead atoms. The van der Waals surface area contributed by atoms with Gasteiger partial charge in [-0.3, -0.25) is 0 Å². The van der Waals surface area contributed by atoms with Crippen LogP contribution < -0.4 is 5.73 Å². The van der Waals surface area contributed by atoms with Gasteiger partial charge in [0.25, 0.3) is 0 Å². The Balaban J connectivity index is 3.91. The van der Waals surface area contributed by atoms with Crippen molar-refractivity contribution in [1.82, 2.24) is 4.90 Å². The highest BCUT2D eigenvalue weighted by Crippen LogP contribution is 2.03.